The summed E-state index contributed by atoms with van der Waals surface area (Å²) in [6.07, 6.45) is 0.303. The quantitative estimate of drug-likeness (QED) is 0.836. The molecule has 16 heavy (non-hydrogen) atoms. The molecule has 1 amide bonds. The number of hydrogen-bond donors (Lipinski definition) is 1. The lowest BCUT2D eigenvalue weighted by molar-refractivity contribution is -0.116. The van der Waals surface area contributed by atoms with Crippen LogP contribution >= 0.6 is 0 Å². The molecule has 0 spiro atoms. The number of hydrazone groups is 1. The van der Waals surface area contributed by atoms with Crippen LogP contribution in [0.1, 0.15) is 19.8 Å². The van der Waals surface area contributed by atoms with Gasteiger partial charge in [-0.15, -0.1) is 0 Å². The third kappa shape index (κ3) is 2.28. The number of carbonyl (C=O) groups is 1. The fourth-order valence-corrected chi connectivity index (χ4v) is 1.71. The normalized spacial score (nSPS) is 17.5. The molecule has 1 aliphatic heterocycles. The van der Waals surface area contributed by atoms with E-state index in [-0.39, 0.29) is 5.91 Å². The van der Waals surface area contributed by atoms with E-state index in [4.69, 9.17) is 0 Å². The summed E-state index contributed by atoms with van der Waals surface area (Å²) < 4.78 is 0. The van der Waals surface area contributed by atoms with Crippen molar-refractivity contribution in [2.24, 2.45) is 5.10 Å². The fourth-order valence-electron chi connectivity index (χ4n) is 1.71. The van der Waals surface area contributed by atoms with Crippen molar-refractivity contribution in [2.45, 2.75) is 25.9 Å². The summed E-state index contributed by atoms with van der Waals surface area (Å²) >= 11 is 0. The predicted molar refractivity (Wildman–Crippen MR) is 62.3 cm³/mol. The zero-order valence-corrected chi connectivity index (χ0v) is 9.13. The highest BCUT2D eigenvalue weighted by molar-refractivity contribution is 6.13. The van der Waals surface area contributed by atoms with Gasteiger partial charge >= 0.3 is 0 Å². The van der Waals surface area contributed by atoms with Crippen LogP contribution in [0.4, 0.5) is 5.69 Å². The number of rotatable bonds is 3. The van der Waals surface area contributed by atoms with Gasteiger partial charge in [0.1, 0.15) is 0 Å². The summed E-state index contributed by atoms with van der Waals surface area (Å²) in [5.41, 5.74) is 1.51. The smallest absolute Gasteiger partial charge is 0.253 e. The molecule has 1 heterocycles. The Kier molecular flexibility index (Phi) is 3.01. The molecule has 0 radical (unpaired) electrons. The van der Waals surface area contributed by atoms with Crippen molar-refractivity contribution in [3.05, 3.63) is 30.3 Å². The molecule has 1 aliphatic rings. The molecule has 1 atom stereocenters. The number of benzene rings is 1. The van der Waals surface area contributed by atoms with Gasteiger partial charge in [0, 0.05) is 6.42 Å². The molecule has 2 rings (SSSR count). The maximum absolute atomic E-state index is 11.7. The first-order chi connectivity index (χ1) is 7.66. The van der Waals surface area contributed by atoms with Gasteiger partial charge in [0.05, 0.1) is 23.9 Å². The monoisotopic (exact) mass is 218 g/mol. The summed E-state index contributed by atoms with van der Waals surface area (Å²) in [5.74, 6) is -0.0400. The molecule has 1 N–H and O–H groups in total. The Labute approximate surface area is 94.2 Å². The van der Waals surface area contributed by atoms with E-state index < -0.39 is 6.10 Å². The van der Waals surface area contributed by atoms with Crippen molar-refractivity contribution < 1.29 is 9.90 Å². The molecule has 0 fully saturated rings. The minimum Gasteiger partial charge on any atom is -0.393 e. The molecule has 0 aliphatic carbocycles. The van der Waals surface area contributed by atoms with Crippen molar-refractivity contribution >= 4 is 17.3 Å². The average molecular weight is 218 g/mol. The Morgan fingerprint density at radius 3 is 2.75 bits per heavy atom. The van der Waals surface area contributed by atoms with Crippen LogP contribution in [0.3, 0.4) is 0 Å². The van der Waals surface area contributed by atoms with Gasteiger partial charge in [0.25, 0.3) is 5.91 Å². The van der Waals surface area contributed by atoms with E-state index in [1.165, 1.54) is 5.01 Å². The summed E-state index contributed by atoms with van der Waals surface area (Å²) in [4.78, 5) is 11.7. The van der Waals surface area contributed by atoms with E-state index in [1.54, 1.807) is 6.92 Å². The van der Waals surface area contributed by atoms with E-state index in [9.17, 15) is 9.90 Å². The predicted octanol–water partition coefficient (Wildman–Crippen LogP) is 1.55. The zero-order chi connectivity index (χ0) is 11.5. The van der Waals surface area contributed by atoms with Crippen LogP contribution in [0.2, 0.25) is 0 Å². The van der Waals surface area contributed by atoms with E-state index in [0.29, 0.717) is 12.8 Å². The number of aliphatic hydroxyl groups is 1. The molecule has 0 bridgehead atoms. The third-order valence-electron chi connectivity index (χ3n) is 2.36. The van der Waals surface area contributed by atoms with Gasteiger partial charge in [0.15, 0.2) is 0 Å². The molecule has 1 aromatic carbocycles. The van der Waals surface area contributed by atoms with Crippen LogP contribution in [-0.4, -0.2) is 22.8 Å². The van der Waals surface area contributed by atoms with Crippen molar-refractivity contribution in [1.82, 2.24) is 0 Å². The van der Waals surface area contributed by atoms with E-state index in [2.05, 4.69) is 5.10 Å². The Morgan fingerprint density at radius 2 is 2.12 bits per heavy atom. The second kappa shape index (κ2) is 4.45. The molecular weight excluding hydrogens is 204 g/mol. The molecule has 84 valence electrons. The minimum atomic E-state index is -0.456. The maximum Gasteiger partial charge on any atom is 0.253 e. The molecule has 4 nitrogen and oxygen atoms in total. The Bertz CT molecular complexity index is 412. The highest BCUT2D eigenvalue weighted by atomic mass is 16.3. The molecule has 1 unspecified atom stereocenters. The second-order valence-electron chi connectivity index (χ2n) is 3.94. The first-order valence-electron chi connectivity index (χ1n) is 5.29. The number of para-hydroxylation sites is 1. The summed E-state index contributed by atoms with van der Waals surface area (Å²) in [6, 6.07) is 9.31. The standard InChI is InChI=1S/C12H14N2O2/c1-9(15)7-10-8-12(16)14(13-10)11-5-3-2-4-6-11/h2-6,9,15H,7-8H2,1H3. The molecule has 4 heteroatoms. The number of carbonyl (C=O) groups excluding carboxylic acids is 1. The lowest BCUT2D eigenvalue weighted by Gasteiger charge is -2.10. The van der Waals surface area contributed by atoms with Gasteiger partial charge in [-0.2, -0.15) is 5.10 Å². The fraction of sp³-hybridized carbons (Fsp3) is 0.333. The first kappa shape index (κ1) is 10.8. The number of amides is 1. The summed E-state index contributed by atoms with van der Waals surface area (Å²) in [7, 11) is 0. The van der Waals surface area contributed by atoms with Crippen LogP contribution in [-0.2, 0) is 4.79 Å². The second-order valence-corrected chi connectivity index (χ2v) is 3.94. The van der Waals surface area contributed by atoms with Crippen LogP contribution in [0.25, 0.3) is 0 Å². The van der Waals surface area contributed by atoms with Crippen LogP contribution < -0.4 is 5.01 Å². The number of hydrogen-bond acceptors (Lipinski definition) is 3. The maximum atomic E-state index is 11.7. The summed E-state index contributed by atoms with van der Waals surface area (Å²) in [5, 5.41) is 14.9. The Morgan fingerprint density at radius 1 is 1.44 bits per heavy atom. The molecule has 0 aromatic heterocycles. The van der Waals surface area contributed by atoms with E-state index in [1.807, 2.05) is 30.3 Å². The first-order valence-corrected chi connectivity index (χ1v) is 5.29. The third-order valence-corrected chi connectivity index (χ3v) is 2.36. The zero-order valence-electron chi connectivity index (χ0n) is 9.13. The molecule has 0 saturated heterocycles. The van der Waals surface area contributed by atoms with Crippen LogP contribution in [0, 0.1) is 0 Å². The van der Waals surface area contributed by atoms with E-state index in [0.717, 1.165) is 11.4 Å². The highest BCUT2D eigenvalue weighted by Gasteiger charge is 2.25. The van der Waals surface area contributed by atoms with Crippen molar-refractivity contribution in [1.29, 1.82) is 0 Å². The van der Waals surface area contributed by atoms with Gasteiger partial charge in [-0.3, -0.25) is 4.79 Å². The number of nitrogens with zero attached hydrogens (tertiary/aromatic N) is 2. The lowest BCUT2D eigenvalue weighted by Crippen LogP contribution is -2.19. The topological polar surface area (TPSA) is 52.9 Å². The van der Waals surface area contributed by atoms with Gasteiger partial charge in [-0.1, -0.05) is 18.2 Å². The Balaban J connectivity index is 2.17. The Hall–Kier alpha value is -1.68. The van der Waals surface area contributed by atoms with Crippen molar-refractivity contribution in [2.75, 3.05) is 5.01 Å². The average Bonchev–Trinajstić information content (AvgIpc) is 2.60. The van der Waals surface area contributed by atoms with Crippen molar-refractivity contribution in [3.8, 4) is 0 Å². The molecule has 1 aromatic rings. The van der Waals surface area contributed by atoms with Crippen LogP contribution in [0.5, 0.6) is 0 Å². The summed E-state index contributed by atoms with van der Waals surface area (Å²) in [6.45, 7) is 1.69. The largest absolute Gasteiger partial charge is 0.393 e. The molecule has 0 saturated carbocycles. The highest BCUT2D eigenvalue weighted by Crippen LogP contribution is 2.21. The lowest BCUT2D eigenvalue weighted by atomic mass is 10.1. The number of anilines is 1. The van der Waals surface area contributed by atoms with E-state index >= 15 is 0 Å². The molecular formula is C12H14N2O2. The van der Waals surface area contributed by atoms with Gasteiger partial charge in [0.2, 0.25) is 0 Å². The van der Waals surface area contributed by atoms with Crippen LogP contribution in [0.15, 0.2) is 35.4 Å². The SMILES string of the molecule is CC(O)CC1=NN(c2ccccc2)C(=O)C1. The minimum absolute atomic E-state index is 0.0400. The van der Waals surface area contributed by atoms with Gasteiger partial charge in [-0.25, -0.2) is 5.01 Å². The van der Waals surface area contributed by atoms with Gasteiger partial charge in [-0.05, 0) is 19.1 Å². The van der Waals surface area contributed by atoms with Crippen molar-refractivity contribution in [3.63, 3.8) is 0 Å². The number of aliphatic hydroxyl groups excluding tert-OH is 1. The van der Waals surface area contributed by atoms with Gasteiger partial charge < -0.3 is 5.11 Å².